The van der Waals surface area contributed by atoms with Gasteiger partial charge in [0.1, 0.15) is 17.6 Å². The minimum absolute atomic E-state index is 0.135. The molecule has 0 unspecified atom stereocenters. The maximum atomic E-state index is 12.9. The first-order chi connectivity index (χ1) is 12.0. The lowest BCUT2D eigenvalue weighted by molar-refractivity contribution is -0.120. The zero-order valence-electron chi connectivity index (χ0n) is 14.2. The number of nitrogens with one attached hydrogen (secondary N) is 1. The average Bonchev–Trinajstić information content (AvgIpc) is 3.20. The molecule has 0 aliphatic heterocycles. The Labute approximate surface area is 145 Å². The predicted molar refractivity (Wildman–Crippen MR) is 91.7 cm³/mol. The summed E-state index contributed by atoms with van der Waals surface area (Å²) in [4.78, 5) is 12.2. The largest absolute Gasteiger partial charge is 0.467 e. The van der Waals surface area contributed by atoms with E-state index in [-0.39, 0.29) is 24.2 Å². The molecule has 0 saturated carbocycles. The van der Waals surface area contributed by atoms with E-state index in [1.807, 2.05) is 36.7 Å². The number of halogens is 1. The van der Waals surface area contributed by atoms with Crippen LogP contribution in [0.5, 0.6) is 0 Å². The molecular weight excluding hydrogens is 321 g/mol. The number of hydrogen-bond donors (Lipinski definition) is 1. The summed E-state index contributed by atoms with van der Waals surface area (Å²) in [7, 11) is 0. The molecule has 5 nitrogen and oxygen atoms in total. The van der Waals surface area contributed by atoms with E-state index in [0.29, 0.717) is 6.54 Å². The van der Waals surface area contributed by atoms with Crippen LogP contribution in [0.15, 0.2) is 53.1 Å². The minimum Gasteiger partial charge on any atom is -0.467 e. The van der Waals surface area contributed by atoms with E-state index in [2.05, 4.69) is 10.4 Å². The average molecular weight is 341 g/mol. The van der Waals surface area contributed by atoms with Crippen molar-refractivity contribution in [2.45, 2.75) is 26.3 Å². The molecule has 0 fully saturated rings. The van der Waals surface area contributed by atoms with Gasteiger partial charge in [-0.15, -0.1) is 0 Å². The molecule has 1 aromatic carbocycles. The smallest absolute Gasteiger partial charge is 0.224 e. The summed E-state index contributed by atoms with van der Waals surface area (Å²) in [6.45, 7) is 4.25. The first-order valence-electron chi connectivity index (χ1n) is 8.10. The van der Waals surface area contributed by atoms with Gasteiger partial charge < -0.3 is 9.73 Å². The second-order valence-electron chi connectivity index (χ2n) is 6.01. The summed E-state index contributed by atoms with van der Waals surface area (Å²) in [5.41, 5.74) is 2.66. The number of benzene rings is 1. The number of aromatic nitrogens is 2. The Morgan fingerprint density at radius 1 is 1.28 bits per heavy atom. The fourth-order valence-corrected chi connectivity index (χ4v) is 2.81. The minimum atomic E-state index is -0.313. The molecule has 6 heteroatoms. The van der Waals surface area contributed by atoms with E-state index >= 15 is 0 Å². The summed E-state index contributed by atoms with van der Waals surface area (Å²) in [6, 6.07) is 11.4. The van der Waals surface area contributed by atoms with Gasteiger partial charge in [-0.2, -0.15) is 5.10 Å². The Kier molecular flexibility index (Phi) is 4.97. The Morgan fingerprint density at radius 3 is 2.64 bits per heavy atom. The third kappa shape index (κ3) is 4.15. The first kappa shape index (κ1) is 17.0. The van der Waals surface area contributed by atoms with Crippen LogP contribution in [-0.2, 0) is 11.2 Å². The topological polar surface area (TPSA) is 60.1 Å². The van der Waals surface area contributed by atoms with Crippen LogP contribution in [0.2, 0.25) is 0 Å². The Balaban J connectivity index is 1.69. The number of hydrogen-bond acceptors (Lipinski definition) is 3. The lowest BCUT2D eigenvalue weighted by Gasteiger charge is -2.18. The van der Waals surface area contributed by atoms with Crippen LogP contribution in [0.4, 0.5) is 4.39 Å². The molecule has 1 amide bonds. The lowest BCUT2D eigenvalue weighted by atomic mass is 10.1. The van der Waals surface area contributed by atoms with Gasteiger partial charge in [-0.1, -0.05) is 12.1 Å². The van der Waals surface area contributed by atoms with Crippen molar-refractivity contribution in [3.05, 3.63) is 77.3 Å². The van der Waals surface area contributed by atoms with Gasteiger partial charge in [0.15, 0.2) is 0 Å². The van der Waals surface area contributed by atoms with Crippen LogP contribution in [0, 0.1) is 19.7 Å². The number of aryl methyl sites for hydroxylation is 2. The van der Waals surface area contributed by atoms with Crippen molar-refractivity contribution in [3.8, 4) is 0 Å². The van der Waals surface area contributed by atoms with Crippen molar-refractivity contribution >= 4 is 5.91 Å². The van der Waals surface area contributed by atoms with Crippen LogP contribution in [0.25, 0.3) is 0 Å². The molecular formula is C19H20FN3O2. The monoisotopic (exact) mass is 341 g/mol. The van der Waals surface area contributed by atoms with Crippen molar-refractivity contribution in [2.75, 3.05) is 6.54 Å². The molecule has 3 rings (SSSR count). The van der Waals surface area contributed by atoms with Gasteiger partial charge in [-0.3, -0.25) is 9.48 Å². The molecule has 0 radical (unpaired) electrons. The van der Waals surface area contributed by atoms with Crippen LogP contribution in [0.3, 0.4) is 0 Å². The molecule has 2 aromatic heterocycles. The Bertz CT molecular complexity index is 838. The van der Waals surface area contributed by atoms with E-state index in [4.69, 9.17) is 4.42 Å². The summed E-state index contributed by atoms with van der Waals surface area (Å²) in [6.07, 6.45) is 1.80. The van der Waals surface area contributed by atoms with Gasteiger partial charge in [0, 0.05) is 12.2 Å². The van der Waals surface area contributed by atoms with Gasteiger partial charge in [0.2, 0.25) is 5.91 Å². The number of nitrogens with zero attached hydrogens (tertiary/aromatic N) is 2. The van der Waals surface area contributed by atoms with E-state index in [1.54, 1.807) is 18.4 Å². The maximum Gasteiger partial charge on any atom is 0.224 e. The normalized spacial score (nSPS) is 12.1. The van der Waals surface area contributed by atoms with Crippen molar-refractivity contribution in [1.82, 2.24) is 15.1 Å². The van der Waals surface area contributed by atoms with Gasteiger partial charge in [-0.05, 0) is 49.7 Å². The zero-order chi connectivity index (χ0) is 17.8. The molecule has 0 aliphatic rings. The standard InChI is InChI=1S/C19H20FN3O2/c1-13-10-14(2)23(22-13)17(18-4-3-9-25-18)12-21-19(24)11-15-5-7-16(20)8-6-15/h3-10,17H,11-12H2,1-2H3,(H,21,24)/t17-/m0/s1. The van der Waals surface area contributed by atoms with Gasteiger partial charge in [0.25, 0.3) is 0 Å². The Morgan fingerprint density at radius 2 is 2.04 bits per heavy atom. The number of furan rings is 1. The third-order valence-corrected chi connectivity index (χ3v) is 3.98. The van der Waals surface area contributed by atoms with E-state index in [0.717, 1.165) is 22.7 Å². The van der Waals surface area contributed by atoms with Crippen LogP contribution >= 0.6 is 0 Å². The molecule has 0 saturated heterocycles. The second kappa shape index (κ2) is 7.34. The first-order valence-corrected chi connectivity index (χ1v) is 8.10. The van der Waals surface area contributed by atoms with Crippen LogP contribution in [-0.4, -0.2) is 22.2 Å². The number of carbonyl (C=O) groups excluding carboxylic acids is 1. The number of carbonyl (C=O) groups is 1. The van der Waals surface area contributed by atoms with Crippen LogP contribution in [0.1, 0.15) is 28.8 Å². The molecule has 3 aromatic rings. The highest BCUT2D eigenvalue weighted by molar-refractivity contribution is 5.78. The van der Waals surface area contributed by atoms with Crippen molar-refractivity contribution in [3.63, 3.8) is 0 Å². The number of rotatable bonds is 6. The molecule has 0 aliphatic carbocycles. The molecule has 0 spiro atoms. The van der Waals surface area contributed by atoms with Crippen molar-refractivity contribution in [2.24, 2.45) is 0 Å². The van der Waals surface area contributed by atoms with E-state index < -0.39 is 0 Å². The van der Waals surface area contributed by atoms with Crippen LogP contribution < -0.4 is 5.32 Å². The van der Waals surface area contributed by atoms with Gasteiger partial charge in [0.05, 0.1) is 18.4 Å². The predicted octanol–water partition coefficient (Wildman–Crippen LogP) is 3.18. The zero-order valence-corrected chi connectivity index (χ0v) is 14.2. The highest BCUT2D eigenvalue weighted by atomic mass is 19.1. The quantitative estimate of drug-likeness (QED) is 0.749. The van der Waals surface area contributed by atoms with E-state index in [1.165, 1.54) is 12.1 Å². The molecule has 2 heterocycles. The fraction of sp³-hybridized carbons (Fsp3) is 0.263. The maximum absolute atomic E-state index is 12.9. The van der Waals surface area contributed by atoms with Crippen molar-refractivity contribution < 1.29 is 13.6 Å². The molecule has 0 bridgehead atoms. The molecule has 1 atom stereocenters. The lowest BCUT2D eigenvalue weighted by Crippen LogP contribution is -2.33. The Hall–Kier alpha value is -2.89. The van der Waals surface area contributed by atoms with Gasteiger partial charge in [-0.25, -0.2) is 4.39 Å². The highest BCUT2D eigenvalue weighted by Crippen LogP contribution is 2.20. The summed E-state index contributed by atoms with van der Waals surface area (Å²) < 4.78 is 20.3. The van der Waals surface area contributed by atoms with Gasteiger partial charge >= 0.3 is 0 Å². The molecule has 25 heavy (non-hydrogen) atoms. The van der Waals surface area contributed by atoms with E-state index in [9.17, 15) is 9.18 Å². The fourth-order valence-electron chi connectivity index (χ4n) is 2.81. The highest BCUT2D eigenvalue weighted by Gasteiger charge is 2.20. The molecule has 1 N–H and O–H groups in total. The summed E-state index contributed by atoms with van der Waals surface area (Å²) >= 11 is 0. The third-order valence-electron chi connectivity index (χ3n) is 3.98. The van der Waals surface area contributed by atoms with Crippen molar-refractivity contribution in [1.29, 1.82) is 0 Å². The second-order valence-corrected chi connectivity index (χ2v) is 6.01. The summed E-state index contributed by atoms with van der Waals surface area (Å²) in [5.74, 6) is 0.282. The molecule has 130 valence electrons. The number of amides is 1. The summed E-state index contributed by atoms with van der Waals surface area (Å²) in [5, 5.41) is 7.42. The SMILES string of the molecule is Cc1cc(C)n([C@@H](CNC(=O)Cc2ccc(F)cc2)c2ccco2)n1.